The van der Waals surface area contributed by atoms with Gasteiger partial charge < -0.3 is 10.6 Å². The molecule has 2 aliphatic heterocycles. The molecule has 2 unspecified atom stereocenters. The normalized spacial score (nSPS) is 23.9. The average Bonchev–Trinajstić information content (AvgIpc) is 2.99. The second-order valence-electron chi connectivity index (χ2n) is 7.08. The molecule has 0 radical (unpaired) electrons. The molecular weight excluding hydrogens is 364 g/mol. The molecule has 4 rings (SSSR count). The van der Waals surface area contributed by atoms with Crippen molar-refractivity contribution in [1.29, 1.82) is 0 Å². The number of thioether (sulfide) groups is 1. The summed E-state index contributed by atoms with van der Waals surface area (Å²) in [6, 6.07) is 19.9. The van der Waals surface area contributed by atoms with Crippen LogP contribution in [0.25, 0.3) is 0 Å². The van der Waals surface area contributed by atoms with E-state index in [1.54, 1.807) is 11.8 Å². The highest BCUT2D eigenvalue weighted by molar-refractivity contribution is 7.98. The van der Waals surface area contributed by atoms with Gasteiger partial charge in [-0.05, 0) is 55.5 Å². The molecule has 1 amide bonds. The third-order valence-corrected chi connectivity index (χ3v) is 6.26. The van der Waals surface area contributed by atoms with Gasteiger partial charge in [0.1, 0.15) is 0 Å². The van der Waals surface area contributed by atoms with E-state index in [4.69, 9.17) is 0 Å². The van der Waals surface area contributed by atoms with Gasteiger partial charge >= 0.3 is 0 Å². The summed E-state index contributed by atoms with van der Waals surface area (Å²) in [5.74, 6) is 1.01. The van der Waals surface area contributed by atoms with Crippen LogP contribution < -0.4 is 10.6 Å². The number of fused-ring (bicyclic) bond motifs is 2. The van der Waals surface area contributed by atoms with Gasteiger partial charge in [-0.3, -0.25) is 4.79 Å². The molecule has 2 fully saturated rings. The van der Waals surface area contributed by atoms with Gasteiger partial charge in [0.2, 0.25) is 0 Å². The Morgan fingerprint density at radius 3 is 2.31 bits per heavy atom. The van der Waals surface area contributed by atoms with Gasteiger partial charge in [0, 0.05) is 34.3 Å². The number of nitrogens with one attached hydrogen (secondary N) is 2. The molecule has 138 valence electrons. The van der Waals surface area contributed by atoms with Crippen molar-refractivity contribution in [2.24, 2.45) is 0 Å². The third kappa shape index (κ3) is 4.81. The van der Waals surface area contributed by atoms with E-state index >= 15 is 0 Å². The van der Waals surface area contributed by atoms with Crippen LogP contribution in [0, 0.1) is 0 Å². The van der Waals surface area contributed by atoms with E-state index in [-0.39, 0.29) is 18.3 Å². The fourth-order valence-electron chi connectivity index (χ4n) is 3.89. The summed E-state index contributed by atoms with van der Waals surface area (Å²) < 4.78 is 0. The Kier molecular flexibility index (Phi) is 6.63. The molecular formula is C21H25ClN2OS. The summed E-state index contributed by atoms with van der Waals surface area (Å²) in [6.07, 6.45) is 4.63. The number of halogens is 1. The van der Waals surface area contributed by atoms with Crippen LogP contribution in [0.4, 0.5) is 0 Å². The Balaban J connectivity index is 0.00000196. The van der Waals surface area contributed by atoms with Crippen LogP contribution >= 0.6 is 24.2 Å². The van der Waals surface area contributed by atoms with Crippen molar-refractivity contribution in [3.8, 4) is 0 Å². The number of carbonyl (C=O) groups is 1. The van der Waals surface area contributed by atoms with E-state index in [0.717, 1.165) is 24.2 Å². The molecule has 26 heavy (non-hydrogen) atoms. The van der Waals surface area contributed by atoms with Crippen LogP contribution in [0.5, 0.6) is 0 Å². The Hall–Kier alpha value is -1.49. The molecule has 2 aromatic carbocycles. The maximum atomic E-state index is 12.5. The van der Waals surface area contributed by atoms with E-state index in [1.165, 1.54) is 23.3 Å². The van der Waals surface area contributed by atoms with Gasteiger partial charge in [-0.25, -0.2) is 0 Å². The van der Waals surface area contributed by atoms with E-state index < -0.39 is 0 Å². The Morgan fingerprint density at radius 2 is 1.65 bits per heavy atom. The number of piperidine rings is 1. The van der Waals surface area contributed by atoms with Crippen LogP contribution in [0.2, 0.25) is 0 Å². The lowest BCUT2D eigenvalue weighted by Gasteiger charge is -2.29. The van der Waals surface area contributed by atoms with Gasteiger partial charge in [0.15, 0.2) is 0 Å². The van der Waals surface area contributed by atoms with Gasteiger partial charge in [0.05, 0.1) is 0 Å². The van der Waals surface area contributed by atoms with Crippen LogP contribution in [0.15, 0.2) is 59.5 Å². The Bertz CT molecular complexity index is 711. The van der Waals surface area contributed by atoms with Crippen molar-refractivity contribution in [2.45, 2.75) is 54.5 Å². The maximum Gasteiger partial charge on any atom is 0.251 e. The van der Waals surface area contributed by atoms with Crippen LogP contribution in [0.3, 0.4) is 0 Å². The molecule has 2 atom stereocenters. The predicted octanol–water partition coefficient (Wildman–Crippen LogP) is 4.41. The fraction of sp³-hybridized carbons (Fsp3) is 0.381. The largest absolute Gasteiger partial charge is 0.349 e. The van der Waals surface area contributed by atoms with Crippen molar-refractivity contribution in [3.05, 3.63) is 65.7 Å². The van der Waals surface area contributed by atoms with Crippen LogP contribution in [-0.4, -0.2) is 24.0 Å². The molecule has 2 aliphatic rings. The lowest BCUT2D eigenvalue weighted by atomic mass is 9.99. The summed E-state index contributed by atoms with van der Waals surface area (Å²) in [4.78, 5) is 13.7. The lowest BCUT2D eigenvalue weighted by Crippen LogP contribution is -2.48. The summed E-state index contributed by atoms with van der Waals surface area (Å²) >= 11 is 1.80. The van der Waals surface area contributed by atoms with Crippen molar-refractivity contribution >= 4 is 30.1 Å². The topological polar surface area (TPSA) is 41.1 Å². The highest BCUT2D eigenvalue weighted by Gasteiger charge is 2.34. The average molecular weight is 389 g/mol. The molecule has 0 aromatic heterocycles. The fourth-order valence-corrected chi connectivity index (χ4v) is 4.74. The van der Waals surface area contributed by atoms with E-state index in [0.29, 0.717) is 18.1 Å². The quantitative estimate of drug-likeness (QED) is 0.745. The number of amides is 1. The molecule has 5 heteroatoms. The first-order valence-electron chi connectivity index (χ1n) is 9.10. The van der Waals surface area contributed by atoms with Gasteiger partial charge in [-0.15, -0.1) is 24.2 Å². The number of rotatable bonds is 5. The first kappa shape index (κ1) is 19.3. The van der Waals surface area contributed by atoms with Crippen molar-refractivity contribution in [3.63, 3.8) is 0 Å². The highest BCUT2D eigenvalue weighted by Crippen LogP contribution is 2.27. The molecule has 2 bridgehead atoms. The van der Waals surface area contributed by atoms with Crippen molar-refractivity contribution in [1.82, 2.24) is 10.6 Å². The number of carbonyl (C=O) groups excluding carboxylic acids is 1. The molecule has 3 nitrogen and oxygen atoms in total. The third-order valence-electron chi connectivity index (χ3n) is 5.17. The summed E-state index contributed by atoms with van der Waals surface area (Å²) in [7, 11) is 0. The summed E-state index contributed by atoms with van der Waals surface area (Å²) in [5.41, 5.74) is 2.07. The number of hydrogen-bond acceptors (Lipinski definition) is 3. The smallest absolute Gasteiger partial charge is 0.251 e. The second-order valence-corrected chi connectivity index (χ2v) is 8.13. The van der Waals surface area contributed by atoms with Gasteiger partial charge in [-0.2, -0.15) is 0 Å². The summed E-state index contributed by atoms with van der Waals surface area (Å²) in [6.45, 7) is 0. The zero-order valence-electron chi connectivity index (χ0n) is 14.7. The Morgan fingerprint density at radius 1 is 1.00 bits per heavy atom. The Labute approximate surface area is 165 Å². The van der Waals surface area contributed by atoms with E-state index in [2.05, 4.69) is 47.0 Å². The number of hydrogen-bond donors (Lipinski definition) is 2. The zero-order valence-corrected chi connectivity index (χ0v) is 16.3. The minimum absolute atomic E-state index is 0. The standard InChI is InChI=1S/C21H24N2OS.ClH/c24-21(23-19-12-17-8-9-18(13-19)22-17)16-6-10-20(11-7-16)25-14-15-4-2-1-3-5-15;/h1-7,10-11,17-19,22H,8-9,12-14H2,(H,23,24);1H. The second kappa shape index (κ2) is 8.94. The van der Waals surface area contributed by atoms with E-state index in [9.17, 15) is 4.79 Å². The molecule has 2 saturated heterocycles. The molecule has 0 aliphatic carbocycles. The number of benzene rings is 2. The highest BCUT2D eigenvalue weighted by atomic mass is 35.5. The first-order valence-corrected chi connectivity index (χ1v) is 10.1. The van der Waals surface area contributed by atoms with E-state index in [1.807, 2.05) is 18.2 Å². The van der Waals surface area contributed by atoms with Crippen molar-refractivity contribution in [2.75, 3.05) is 0 Å². The SMILES string of the molecule is Cl.O=C(NC1CC2CCC(C1)N2)c1ccc(SCc2ccccc2)cc1. The summed E-state index contributed by atoms with van der Waals surface area (Å²) in [5, 5.41) is 6.84. The molecule has 2 N–H and O–H groups in total. The van der Waals surface area contributed by atoms with Gasteiger partial charge in [-0.1, -0.05) is 30.3 Å². The minimum Gasteiger partial charge on any atom is -0.349 e. The van der Waals surface area contributed by atoms with Crippen LogP contribution in [0.1, 0.15) is 41.6 Å². The molecule has 2 heterocycles. The predicted molar refractivity (Wildman–Crippen MR) is 110 cm³/mol. The van der Waals surface area contributed by atoms with Crippen LogP contribution in [-0.2, 0) is 5.75 Å². The maximum absolute atomic E-state index is 12.5. The molecule has 2 aromatic rings. The first-order chi connectivity index (χ1) is 12.3. The lowest BCUT2D eigenvalue weighted by molar-refractivity contribution is 0.0924. The van der Waals surface area contributed by atoms with Gasteiger partial charge in [0.25, 0.3) is 5.91 Å². The zero-order chi connectivity index (χ0) is 17.1. The minimum atomic E-state index is 0. The molecule has 0 spiro atoms. The molecule has 0 saturated carbocycles. The monoisotopic (exact) mass is 388 g/mol. The van der Waals surface area contributed by atoms with Crippen molar-refractivity contribution < 1.29 is 4.79 Å².